The van der Waals surface area contributed by atoms with Crippen LogP contribution in [0.2, 0.25) is 0 Å². The number of methoxy groups -OCH3 is 2. The molecule has 1 rings (SSSR count). The van der Waals surface area contributed by atoms with Crippen molar-refractivity contribution in [1.29, 1.82) is 0 Å². The van der Waals surface area contributed by atoms with Crippen LogP contribution in [0.25, 0.3) is 0 Å². The first kappa shape index (κ1) is 14.4. The third-order valence-electron chi connectivity index (χ3n) is 2.17. The first-order chi connectivity index (χ1) is 6.76. The van der Waals surface area contributed by atoms with Crippen molar-refractivity contribution in [3.8, 4) is 0 Å². The molecule has 0 aromatic heterocycles. The van der Waals surface area contributed by atoms with Gasteiger partial charge in [0, 0.05) is 0 Å². The summed E-state index contributed by atoms with van der Waals surface area (Å²) >= 11 is 0. The Labute approximate surface area is 103 Å². The summed E-state index contributed by atoms with van der Waals surface area (Å²) in [4.78, 5) is 8.80. The fourth-order valence-corrected chi connectivity index (χ4v) is 1.38. The summed E-state index contributed by atoms with van der Waals surface area (Å²) in [5.41, 5.74) is 0. The van der Waals surface area contributed by atoms with Gasteiger partial charge in [-0.3, -0.25) is 4.99 Å². The van der Waals surface area contributed by atoms with Crippen molar-refractivity contribution in [1.82, 2.24) is 0 Å². The third-order valence-corrected chi connectivity index (χ3v) is 2.17. The molecule has 0 fully saturated rings. The standard InChI is InChI=1S/C10H17N2O2.Li/c1-5-7-9(13-3)12-8(6-2)10(11-7)14-4;/h7H,5-6H2,1-4H3;/q-1;+1/t7-;/m0./s1. The van der Waals surface area contributed by atoms with Crippen molar-refractivity contribution < 1.29 is 28.3 Å². The molecule has 0 N–H and O–H groups in total. The summed E-state index contributed by atoms with van der Waals surface area (Å²) in [5, 5.41) is 0. The van der Waals surface area contributed by atoms with E-state index in [4.69, 9.17) is 9.47 Å². The van der Waals surface area contributed by atoms with E-state index in [2.05, 4.69) is 9.98 Å². The van der Waals surface area contributed by atoms with E-state index < -0.39 is 0 Å². The van der Waals surface area contributed by atoms with E-state index in [9.17, 15) is 0 Å². The zero-order valence-corrected chi connectivity index (χ0v) is 10.2. The van der Waals surface area contributed by atoms with Crippen LogP contribution in [-0.2, 0) is 9.47 Å². The molecular formula is C10H17LiN2O2. The Kier molecular flexibility index (Phi) is 6.54. The summed E-state index contributed by atoms with van der Waals surface area (Å²) in [6.07, 6.45) is 1.67. The van der Waals surface area contributed by atoms with Crippen LogP contribution in [0.1, 0.15) is 26.7 Å². The molecule has 15 heavy (non-hydrogen) atoms. The largest absolute Gasteiger partial charge is 1.00 e. The Hall–Kier alpha value is -0.593. The van der Waals surface area contributed by atoms with Gasteiger partial charge in [0.05, 0.1) is 26.2 Å². The predicted octanol–water partition coefficient (Wildman–Crippen LogP) is -1.19. The molecule has 0 saturated carbocycles. The second-order valence-electron chi connectivity index (χ2n) is 3.02. The summed E-state index contributed by atoms with van der Waals surface area (Å²) in [6.45, 7) is 4.07. The normalized spacial score (nSPS) is 20.0. The van der Waals surface area contributed by atoms with Crippen LogP contribution in [0.15, 0.2) is 9.98 Å². The summed E-state index contributed by atoms with van der Waals surface area (Å²) in [5.74, 6) is 1.32. The molecule has 1 atom stereocenters. The Bertz CT molecular complexity index is 228. The molecule has 0 saturated heterocycles. The molecule has 0 radical (unpaired) electrons. The number of nitrogens with zero attached hydrogens (tertiary/aromatic N) is 2. The van der Waals surface area contributed by atoms with Gasteiger partial charge in [0.15, 0.2) is 0 Å². The van der Waals surface area contributed by atoms with Gasteiger partial charge in [-0.25, -0.2) is 0 Å². The van der Waals surface area contributed by atoms with E-state index in [1.165, 1.54) is 0 Å². The maximum absolute atomic E-state index is 5.19. The van der Waals surface area contributed by atoms with Crippen molar-refractivity contribution in [3.63, 3.8) is 0 Å². The zero-order valence-electron chi connectivity index (χ0n) is 10.2. The molecule has 0 spiro atoms. The molecule has 1 aliphatic heterocycles. The van der Waals surface area contributed by atoms with Gasteiger partial charge < -0.3 is 14.5 Å². The number of hydrogen-bond donors (Lipinski definition) is 0. The van der Waals surface area contributed by atoms with Gasteiger partial charge in [0.1, 0.15) is 5.90 Å². The van der Waals surface area contributed by atoms with Crippen molar-refractivity contribution in [3.05, 3.63) is 6.04 Å². The predicted molar refractivity (Wildman–Crippen MR) is 56.5 cm³/mol. The van der Waals surface area contributed by atoms with Crippen LogP contribution in [-0.4, -0.2) is 32.1 Å². The molecular weight excluding hydrogens is 187 g/mol. The van der Waals surface area contributed by atoms with E-state index in [0.29, 0.717) is 11.8 Å². The Morgan fingerprint density at radius 1 is 1.27 bits per heavy atom. The average molecular weight is 204 g/mol. The van der Waals surface area contributed by atoms with Gasteiger partial charge >= 0.3 is 18.9 Å². The number of aliphatic imine (C=N–C) groups is 2. The van der Waals surface area contributed by atoms with Crippen molar-refractivity contribution in [2.75, 3.05) is 14.2 Å². The Morgan fingerprint density at radius 2 is 1.93 bits per heavy atom. The fourth-order valence-electron chi connectivity index (χ4n) is 1.38. The molecule has 0 amide bonds. The first-order valence-electron chi connectivity index (χ1n) is 4.87. The number of hydrogen-bond acceptors (Lipinski definition) is 4. The van der Waals surface area contributed by atoms with Gasteiger partial charge in [0.2, 0.25) is 0 Å². The van der Waals surface area contributed by atoms with Crippen molar-refractivity contribution in [2.45, 2.75) is 32.7 Å². The second-order valence-corrected chi connectivity index (χ2v) is 3.02. The van der Waals surface area contributed by atoms with E-state index in [1.54, 1.807) is 14.2 Å². The smallest absolute Gasteiger partial charge is 0.566 e. The molecule has 0 aromatic carbocycles. The first-order valence-corrected chi connectivity index (χ1v) is 4.87. The summed E-state index contributed by atoms with van der Waals surface area (Å²) in [7, 11) is 3.25. The SMILES string of the molecule is CC[C-]1N=C(OC)[C@H](CC)N=C1OC.[Li+]. The Morgan fingerprint density at radius 3 is 2.33 bits per heavy atom. The fraction of sp³-hybridized carbons (Fsp3) is 0.700. The van der Waals surface area contributed by atoms with Crippen LogP contribution in [0.3, 0.4) is 0 Å². The van der Waals surface area contributed by atoms with Crippen LogP contribution in [0.4, 0.5) is 0 Å². The van der Waals surface area contributed by atoms with Crippen molar-refractivity contribution in [2.24, 2.45) is 9.98 Å². The summed E-state index contributed by atoms with van der Waals surface area (Å²) in [6, 6.07) is 0.860. The van der Waals surface area contributed by atoms with Crippen LogP contribution < -0.4 is 18.9 Å². The summed E-state index contributed by atoms with van der Waals surface area (Å²) < 4.78 is 10.4. The van der Waals surface area contributed by atoms with Gasteiger partial charge in [-0.15, -0.1) is 0 Å². The molecule has 0 unspecified atom stereocenters. The topological polar surface area (TPSA) is 43.2 Å². The molecule has 1 aliphatic rings. The van der Waals surface area contributed by atoms with Crippen molar-refractivity contribution >= 4 is 11.8 Å². The number of ether oxygens (including phenoxy) is 2. The monoisotopic (exact) mass is 204 g/mol. The van der Waals surface area contributed by atoms with Crippen LogP contribution in [0, 0.1) is 6.04 Å². The zero-order chi connectivity index (χ0) is 10.6. The Balaban J connectivity index is 0.00000196. The maximum atomic E-state index is 5.19. The minimum atomic E-state index is 0. The second kappa shape index (κ2) is 6.81. The molecule has 0 aromatic rings. The van der Waals surface area contributed by atoms with Gasteiger partial charge in [-0.2, -0.15) is 0 Å². The van der Waals surface area contributed by atoms with Crippen LogP contribution >= 0.6 is 0 Å². The van der Waals surface area contributed by atoms with Crippen LogP contribution in [0.5, 0.6) is 0 Å². The maximum Gasteiger partial charge on any atom is 1.00 e. The average Bonchev–Trinajstić information content (AvgIpc) is 2.26. The molecule has 80 valence electrons. The molecule has 0 aliphatic carbocycles. The molecule has 1 heterocycles. The van der Waals surface area contributed by atoms with E-state index in [-0.39, 0.29) is 24.9 Å². The third kappa shape index (κ3) is 3.18. The minimum Gasteiger partial charge on any atom is -0.566 e. The number of rotatable bonds is 2. The molecule has 4 nitrogen and oxygen atoms in total. The molecule has 5 heteroatoms. The van der Waals surface area contributed by atoms with Gasteiger partial charge in [-0.05, 0) is 12.5 Å². The van der Waals surface area contributed by atoms with E-state index in [1.807, 2.05) is 13.8 Å². The minimum absolute atomic E-state index is 0. The quantitative estimate of drug-likeness (QED) is 0.419. The van der Waals surface area contributed by atoms with E-state index >= 15 is 0 Å². The van der Waals surface area contributed by atoms with Gasteiger partial charge in [0.25, 0.3) is 0 Å². The van der Waals surface area contributed by atoms with Gasteiger partial charge in [-0.1, -0.05) is 20.3 Å². The van der Waals surface area contributed by atoms with E-state index in [0.717, 1.165) is 18.9 Å². The molecule has 0 bridgehead atoms.